The van der Waals surface area contributed by atoms with Crippen molar-refractivity contribution >= 4 is 5.91 Å². The highest BCUT2D eigenvalue weighted by Gasteiger charge is 2.15. The first kappa shape index (κ1) is 16.4. The summed E-state index contributed by atoms with van der Waals surface area (Å²) in [4.78, 5) is 14.2. The molecule has 3 nitrogen and oxygen atoms in total. The Bertz CT molecular complexity index is 198. The van der Waals surface area contributed by atoms with Crippen LogP contribution in [0.15, 0.2) is 0 Å². The van der Waals surface area contributed by atoms with E-state index < -0.39 is 0 Å². The molecule has 102 valence electrons. The standard InChI is InChI=1S/C14H30N2O/c1-6-9-16(10-7-2)11-8-15-14(17)13(5)12(3)4/h12-13H,6-11H2,1-5H3,(H,15,17). The van der Waals surface area contributed by atoms with E-state index in [9.17, 15) is 4.79 Å². The van der Waals surface area contributed by atoms with E-state index in [1.54, 1.807) is 0 Å². The minimum absolute atomic E-state index is 0.112. The molecule has 17 heavy (non-hydrogen) atoms. The summed E-state index contributed by atoms with van der Waals surface area (Å²) in [7, 11) is 0. The van der Waals surface area contributed by atoms with Crippen molar-refractivity contribution in [1.82, 2.24) is 10.2 Å². The molecule has 0 spiro atoms. The van der Waals surface area contributed by atoms with Crippen LogP contribution in [0.3, 0.4) is 0 Å². The SMILES string of the molecule is CCCN(CCC)CCNC(=O)C(C)C(C)C. The minimum atomic E-state index is 0.112. The number of nitrogens with zero attached hydrogens (tertiary/aromatic N) is 1. The number of carbonyl (C=O) groups excluding carboxylic acids is 1. The van der Waals surface area contributed by atoms with Crippen LogP contribution in [0.5, 0.6) is 0 Å². The van der Waals surface area contributed by atoms with E-state index in [1.165, 1.54) is 12.8 Å². The summed E-state index contributed by atoms with van der Waals surface area (Å²) in [6.45, 7) is 14.6. The Labute approximate surface area is 107 Å². The van der Waals surface area contributed by atoms with Gasteiger partial charge < -0.3 is 10.2 Å². The molecule has 0 aromatic heterocycles. The zero-order chi connectivity index (χ0) is 13.3. The lowest BCUT2D eigenvalue weighted by Gasteiger charge is -2.22. The van der Waals surface area contributed by atoms with Crippen molar-refractivity contribution in [1.29, 1.82) is 0 Å². The van der Waals surface area contributed by atoms with E-state index in [1.807, 2.05) is 6.92 Å². The summed E-state index contributed by atoms with van der Waals surface area (Å²) >= 11 is 0. The van der Waals surface area contributed by atoms with E-state index in [4.69, 9.17) is 0 Å². The minimum Gasteiger partial charge on any atom is -0.355 e. The van der Waals surface area contributed by atoms with Gasteiger partial charge in [0.25, 0.3) is 0 Å². The van der Waals surface area contributed by atoms with Crippen molar-refractivity contribution in [3.8, 4) is 0 Å². The molecule has 0 rings (SSSR count). The number of hydrogen-bond donors (Lipinski definition) is 1. The fraction of sp³-hybridized carbons (Fsp3) is 0.929. The smallest absolute Gasteiger partial charge is 0.223 e. The van der Waals surface area contributed by atoms with Crippen LogP contribution in [-0.2, 0) is 4.79 Å². The van der Waals surface area contributed by atoms with Crippen molar-refractivity contribution in [2.45, 2.75) is 47.5 Å². The topological polar surface area (TPSA) is 32.3 Å². The molecule has 3 heteroatoms. The Hall–Kier alpha value is -0.570. The summed E-state index contributed by atoms with van der Waals surface area (Å²) < 4.78 is 0. The third-order valence-electron chi connectivity index (χ3n) is 3.22. The van der Waals surface area contributed by atoms with Gasteiger partial charge in [0.05, 0.1) is 0 Å². The molecule has 0 bridgehead atoms. The summed E-state index contributed by atoms with van der Waals surface area (Å²) in [5.41, 5.74) is 0. The second-order valence-electron chi connectivity index (χ2n) is 5.17. The lowest BCUT2D eigenvalue weighted by atomic mass is 9.97. The van der Waals surface area contributed by atoms with Crippen LogP contribution in [-0.4, -0.2) is 37.0 Å². The zero-order valence-electron chi connectivity index (χ0n) is 12.3. The third kappa shape index (κ3) is 7.37. The molecule has 0 aliphatic heterocycles. The molecule has 0 aromatic carbocycles. The Morgan fingerprint density at radius 3 is 2.00 bits per heavy atom. The highest BCUT2D eigenvalue weighted by atomic mass is 16.1. The first-order chi connectivity index (χ1) is 8.02. The number of hydrogen-bond acceptors (Lipinski definition) is 2. The van der Waals surface area contributed by atoms with Crippen LogP contribution in [0.4, 0.5) is 0 Å². The van der Waals surface area contributed by atoms with Gasteiger partial charge in [-0.1, -0.05) is 34.6 Å². The summed E-state index contributed by atoms with van der Waals surface area (Å²) in [6.07, 6.45) is 2.35. The predicted octanol–water partition coefficient (Wildman–Crippen LogP) is 2.52. The monoisotopic (exact) mass is 242 g/mol. The molecule has 0 aromatic rings. The van der Waals surface area contributed by atoms with Gasteiger partial charge in [-0.15, -0.1) is 0 Å². The molecule has 1 unspecified atom stereocenters. The fourth-order valence-corrected chi connectivity index (χ4v) is 1.77. The second-order valence-corrected chi connectivity index (χ2v) is 5.17. The van der Waals surface area contributed by atoms with Crippen LogP contribution in [0.1, 0.15) is 47.5 Å². The molecule has 0 radical (unpaired) electrons. The maximum atomic E-state index is 11.8. The molecule has 0 fully saturated rings. The van der Waals surface area contributed by atoms with Gasteiger partial charge in [-0.25, -0.2) is 0 Å². The fourth-order valence-electron chi connectivity index (χ4n) is 1.77. The second kappa shape index (κ2) is 9.46. The van der Waals surface area contributed by atoms with Gasteiger partial charge >= 0.3 is 0 Å². The van der Waals surface area contributed by atoms with Crippen LogP contribution >= 0.6 is 0 Å². The Kier molecular flexibility index (Phi) is 9.14. The van der Waals surface area contributed by atoms with Gasteiger partial charge in [-0.3, -0.25) is 4.79 Å². The molecule has 1 amide bonds. The van der Waals surface area contributed by atoms with Crippen LogP contribution in [0.25, 0.3) is 0 Å². The first-order valence-corrected chi connectivity index (χ1v) is 7.02. The number of nitrogens with one attached hydrogen (secondary N) is 1. The molecular formula is C14H30N2O. The average molecular weight is 242 g/mol. The Morgan fingerprint density at radius 2 is 1.59 bits per heavy atom. The summed E-state index contributed by atoms with van der Waals surface area (Å²) in [5, 5.41) is 3.03. The van der Waals surface area contributed by atoms with Crippen molar-refractivity contribution < 1.29 is 4.79 Å². The molecule has 1 N–H and O–H groups in total. The van der Waals surface area contributed by atoms with Crippen molar-refractivity contribution in [3.63, 3.8) is 0 Å². The highest BCUT2D eigenvalue weighted by molar-refractivity contribution is 5.78. The molecule has 0 aliphatic rings. The van der Waals surface area contributed by atoms with Crippen molar-refractivity contribution in [2.24, 2.45) is 11.8 Å². The molecule has 0 heterocycles. The maximum Gasteiger partial charge on any atom is 0.223 e. The van der Waals surface area contributed by atoms with Crippen molar-refractivity contribution in [3.05, 3.63) is 0 Å². The molecule has 0 saturated carbocycles. The Balaban J connectivity index is 3.83. The zero-order valence-corrected chi connectivity index (χ0v) is 12.3. The van der Waals surface area contributed by atoms with Crippen LogP contribution < -0.4 is 5.32 Å². The van der Waals surface area contributed by atoms with E-state index in [0.29, 0.717) is 5.92 Å². The highest BCUT2D eigenvalue weighted by Crippen LogP contribution is 2.08. The van der Waals surface area contributed by atoms with Crippen LogP contribution in [0.2, 0.25) is 0 Å². The van der Waals surface area contributed by atoms with Gasteiger partial charge in [-0.2, -0.15) is 0 Å². The summed E-state index contributed by atoms with van der Waals surface area (Å²) in [6, 6.07) is 0. The largest absolute Gasteiger partial charge is 0.355 e. The van der Waals surface area contributed by atoms with Gasteiger partial charge in [0, 0.05) is 19.0 Å². The maximum absolute atomic E-state index is 11.8. The predicted molar refractivity (Wildman–Crippen MR) is 74.0 cm³/mol. The van der Waals surface area contributed by atoms with Gasteiger partial charge in [0.2, 0.25) is 5.91 Å². The first-order valence-electron chi connectivity index (χ1n) is 7.02. The third-order valence-corrected chi connectivity index (χ3v) is 3.22. The number of amides is 1. The molecular weight excluding hydrogens is 212 g/mol. The summed E-state index contributed by atoms with van der Waals surface area (Å²) in [5.74, 6) is 0.714. The normalized spacial score (nSPS) is 13.1. The molecule has 1 atom stereocenters. The quantitative estimate of drug-likeness (QED) is 0.674. The lowest BCUT2D eigenvalue weighted by Crippen LogP contribution is -2.38. The van der Waals surface area contributed by atoms with E-state index in [2.05, 4.69) is 37.9 Å². The van der Waals surface area contributed by atoms with E-state index in [-0.39, 0.29) is 11.8 Å². The molecule has 0 aliphatic carbocycles. The Morgan fingerprint density at radius 1 is 1.06 bits per heavy atom. The van der Waals surface area contributed by atoms with Crippen molar-refractivity contribution in [2.75, 3.05) is 26.2 Å². The van der Waals surface area contributed by atoms with Gasteiger partial charge in [0.15, 0.2) is 0 Å². The van der Waals surface area contributed by atoms with E-state index in [0.717, 1.165) is 26.2 Å². The van der Waals surface area contributed by atoms with Gasteiger partial charge in [-0.05, 0) is 31.8 Å². The number of carbonyl (C=O) groups is 1. The van der Waals surface area contributed by atoms with E-state index >= 15 is 0 Å². The molecule has 0 saturated heterocycles. The average Bonchev–Trinajstić information content (AvgIpc) is 2.28. The van der Waals surface area contributed by atoms with Crippen LogP contribution in [0, 0.1) is 11.8 Å². The number of rotatable bonds is 9. The lowest BCUT2D eigenvalue weighted by molar-refractivity contribution is -0.125. The van der Waals surface area contributed by atoms with Gasteiger partial charge in [0.1, 0.15) is 0 Å².